The molecule has 0 bridgehead atoms. The number of aromatic amines is 2. The molecule has 1 amide bonds. The van der Waals surface area contributed by atoms with E-state index < -0.39 is 11.1 Å². The fourth-order valence-corrected chi connectivity index (χ4v) is 2.92. The van der Waals surface area contributed by atoms with Crippen molar-refractivity contribution in [2.24, 2.45) is 0 Å². The van der Waals surface area contributed by atoms with Gasteiger partial charge in [0.15, 0.2) is 6.61 Å². The zero-order valence-electron chi connectivity index (χ0n) is 12.6. The first kappa shape index (κ1) is 17.2. The molecule has 25 heavy (non-hydrogen) atoms. The van der Waals surface area contributed by atoms with Gasteiger partial charge in [0.2, 0.25) is 0 Å². The number of anilines is 1. The predicted molar refractivity (Wildman–Crippen MR) is 98.5 cm³/mol. The summed E-state index contributed by atoms with van der Waals surface area (Å²) in [6.07, 6.45) is 0. The molecule has 0 radical (unpaired) electrons. The van der Waals surface area contributed by atoms with Crippen molar-refractivity contribution in [3.05, 3.63) is 66.6 Å². The van der Waals surface area contributed by atoms with Crippen molar-refractivity contribution in [1.82, 2.24) is 9.97 Å². The van der Waals surface area contributed by atoms with Crippen LogP contribution < -0.4 is 21.2 Å². The predicted octanol–water partition coefficient (Wildman–Crippen LogP) is 2.65. The Morgan fingerprint density at radius 1 is 1.08 bits per heavy atom. The lowest BCUT2D eigenvalue weighted by Crippen LogP contribution is -2.29. The van der Waals surface area contributed by atoms with Crippen LogP contribution in [0.15, 0.2) is 50.5 Å². The summed E-state index contributed by atoms with van der Waals surface area (Å²) in [6.45, 7) is -0.208. The second-order valence-corrected chi connectivity index (χ2v) is 6.37. The Morgan fingerprint density at radius 2 is 1.80 bits per heavy atom. The van der Waals surface area contributed by atoms with Gasteiger partial charge in [-0.3, -0.25) is 14.4 Å². The maximum absolute atomic E-state index is 12.0. The van der Waals surface area contributed by atoms with Crippen molar-refractivity contribution >= 4 is 50.2 Å². The summed E-state index contributed by atoms with van der Waals surface area (Å²) < 4.78 is 6.06. The summed E-state index contributed by atoms with van der Waals surface area (Å²) in [7, 11) is 0. The monoisotopic (exact) mass is 423 g/mol. The first-order valence-corrected chi connectivity index (χ1v) is 8.23. The van der Waals surface area contributed by atoms with E-state index in [0.717, 1.165) is 0 Å². The Balaban J connectivity index is 1.70. The second-order valence-electron chi connectivity index (χ2n) is 5.08. The maximum atomic E-state index is 12.0. The van der Waals surface area contributed by atoms with Gasteiger partial charge in [-0.25, -0.2) is 0 Å². The van der Waals surface area contributed by atoms with Crippen molar-refractivity contribution in [1.29, 1.82) is 0 Å². The van der Waals surface area contributed by atoms with Gasteiger partial charge < -0.3 is 20.0 Å². The molecule has 0 aliphatic heterocycles. The number of amides is 1. The molecule has 2 aromatic carbocycles. The van der Waals surface area contributed by atoms with Crippen LogP contribution in [0.25, 0.3) is 11.0 Å². The first-order valence-electron chi connectivity index (χ1n) is 7.06. The summed E-state index contributed by atoms with van der Waals surface area (Å²) in [5.74, 6) is 0.105. The number of fused-ring (bicyclic) bond motifs is 1. The third kappa shape index (κ3) is 4.09. The van der Waals surface area contributed by atoms with Crippen molar-refractivity contribution in [2.45, 2.75) is 0 Å². The van der Waals surface area contributed by atoms with Crippen LogP contribution in [0.2, 0.25) is 5.02 Å². The van der Waals surface area contributed by atoms with Crippen molar-refractivity contribution in [3.8, 4) is 5.75 Å². The van der Waals surface area contributed by atoms with E-state index in [2.05, 4.69) is 31.2 Å². The van der Waals surface area contributed by atoms with Crippen LogP contribution in [0.3, 0.4) is 0 Å². The van der Waals surface area contributed by atoms with E-state index in [4.69, 9.17) is 16.3 Å². The molecule has 0 aliphatic rings. The Morgan fingerprint density at radius 3 is 2.52 bits per heavy atom. The highest BCUT2D eigenvalue weighted by molar-refractivity contribution is 9.10. The van der Waals surface area contributed by atoms with Crippen LogP contribution in [-0.4, -0.2) is 22.5 Å². The quantitative estimate of drug-likeness (QED) is 0.560. The van der Waals surface area contributed by atoms with Gasteiger partial charge in [-0.05, 0) is 52.3 Å². The van der Waals surface area contributed by atoms with Crippen molar-refractivity contribution in [3.63, 3.8) is 0 Å². The first-order chi connectivity index (χ1) is 11.9. The fourth-order valence-electron chi connectivity index (χ4n) is 2.13. The number of benzene rings is 2. The van der Waals surface area contributed by atoms with Crippen LogP contribution in [-0.2, 0) is 4.79 Å². The minimum absolute atomic E-state index is 0.208. The van der Waals surface area contributed by atoms with Crippen molar-refractivity contribution < 1.29 is 9.53 Å². The average molecular weight is 425 g/mol. The lowest BCUT2D eigenvalue weighted by molar-refractivity contribution is -0.118. The summed E-state index contributed by atoms with van der Waals surface area (Å²) in [5.41, 5.74) is -0.162. The SMILES string of the molecule is O=C(COc1ccc(Cl)cc1Br)Nc1ccc2[nH]c(=O)c(=O)[nH]c2c1. The maximum Gasteiger partial charge on any atom is 0.314 e. The van der Waals surface area contributed by atoms with Crippen LogP contribution in [0.5, 0.6) is 5.75 Å². The molecule has 0 fully saturated rings. The van der Waals surface area contributed by atoms with Crippen molar-refractivity contribution in [2.75, 3.05) is 11.9 Å². The van der Waals surface area contributed by atoms with E-state index in [1.165, 1.54) is 0 Å². The molecule has 0 saturated carbocycles. The Kier molecular flexibility index (Phi) is 4.91. The second kappa shape index (κ2) is 7.12. The summed E-state index contributed by atoms with van der Waals surface area (Å²) in [6, 6.07) is 9.69. The summed E-state index contributed by atoms with van der Waals surface area (Å²) in [4.78, 5) is 39.5. The Labute approximate surface area is 154 Å². The molecular formula is C16H11BrClN3O4. The van der Waals surface area contributed by atoms with Gasteiger partial charge in [0.1, 0.15) is 5.75 Å². The van der Waals surface area contributed by atoms with Gasteiger partial charge in [0.05, 0.1) is 15.5 Å². The van der Waals surface area contributed by atoms with E-state index in [1.54, 1.807) is 36.4 Å². The number of H-pyrrole nitrogens is 2. The molecule has 0 atom stereocenters. The van der Waals surface area contributed by atoms with Gasteiger partial charge in [-0.15, -0.1) is 0 Å². The third-order valence-electron chi connectivity index (χ3n) is 3.26. The molecule has 1 aromatic heterocycles. The summed E-state index contributed by atoms with van der Waals surface area (Å²) in [5, 5.41) is 3.20. The number of rotatable bonds is 4. The smallest absolute Gasteiger partial charge is 0.314 e. The highest BCUT2D eigenvalue weighted by Crippen LogP contribution is 2.27. The highest BCUT2D eigenvalue weighted by Gasteiger charge is 2.08. The minimum atomic E-state index is -0.758. The van der Waals surface area contributed by atoms with Crippen LogP contribution >= 0.6 is 27.5 Å². The molecule has 3 aromatic rings. The van der Waals surface area contributed by atoms with E-state index in [-0.39, 0.29) is 12.5 Å². The lowest BCUT2D eigenvalue weighted by atomic mass is 10.2. The Hall–Kier alpha value is -2.58. The number of hydrogen-bond acceptors (Lipinski definition) is 4. The van der Waals surface area contributed by atoms with Crippen LogP contribution in [0, 0.1) is 0 Å². The Bertz CT molecular complexity index is 1080. The third-order valence-corrected chi connectivity index (χ3v) is 4.11. The molecule has 128 valence electrons. The molecule has 0 unspecified atom stereocenters. The molecule has 0 aliphatic carbocycles. The van der Waals surface area contributed by atoms with Gasteiger partial charge in [-0.1, -0.05) is 11.6 Å². The highest BCUT2D eigenvalue weighted by atomic mass is 79.9. The number of carbonyl (C=O) groups is 1. The molecular weight excluding hydrogens is 414 g/mol. The van der Waals surface area contributed by atoms with E-state index in [0.29, 0.717) is 32.0 Å². The van der Waals surface area contributed by atoms with Gasteiger partial charge in [0, 0.05) is 10.7 Å². The van der Waals surface area contributed by atoms with Gasteiger partial charge in [0.25, 0.3) is 5.91 Å². The number of aromatic nitrogens is 2. The molecule has 9 heteroatoms. The summed E-state index contributed by atoms with van der Waals surface area (Å²) >= 11 is 9.14. The van der Waals surface area contributed by atoms with Crippen LogP contribution in [0.4, 0.5) is 5.69 Å². The fraction of sp³-hybridized carbons (Fsp3) is 0.0625. The molecule has 0 spiro atoms. The minimum Gasteiger partial charge on any atom is -0.483 e. The molecule has 1 heterocycles. The van der Waals surface area contributed by atoms with E-state index in [9.17, 15) is 14.4 Å². The molecule has 7 nitrogen and oxygen atoms in total. The number of nitrogens with one attached hydrogen (secondary N) is 3. The standard InChI is InChI=1S/C16H11BrClN3O4/c17-10-5-8(18)1-4-13(10)25-7-14(22)19-9-2-3-11-12(6-9)21-16(24)15(23)20-11/h1-6H,7H2,(H,19,22)(H,20,23)(H,21,24). The zero-order valence-corrected chi connectivity index (χ0v) is 14.9. The normalized spacial score (nSPS) is 10.6. The largest absolute Gasteiger partial charge is 0.483 e. The van der Waals surface area contributed by atoms with E-state index in [1.807, 2.05) is 0 Å². The average Bonchev–Trinajstić information content (AvgIpc) is 2.55. The number of ether oxygens (including phenoxy) is 1. The molecule has 0 saturated heterocycles. The number of hydrogen-bond donors (Lipinski definition) is 3. The number of carbonyl (C=O) groups excluding carboxylic acids is 1. The zero-order chi connectivity index (χ0) is 18.0. The number of halogens is 2. The van der Waals surface area contributed by atoms with E-state index >= 15 is 0 Å². The van der Waals surface area contributed by atoms with Crippen LogP contribution in [0.1, 0.15) is 0 Å². The van der Waals surface area contributed by atoms with Gasteiger partial charge in [-0.2, -0.15) is 0 Å². The topological polar surface area (TPSA) is 104 Å². The molecule has 3 N–H and O–H groups in total. The molecule has 3 rings (SSSR count). The van der Waals surface area contributed by atoms with Gasteiger partial charge >= 0.3 is 11.1 Å². The lowest BCUT2D eigenvalue weighted by Gasteiger charge is -2.09.